The highest BCUT2D eigenvalue weighted by Gasteiger charge is 2.53. The zero-order valence-electron chi connectivity index (χ0n) is 13.8. The average molecular weight is 288 g/mol. The van der Waals surface area contributed by atoms with Crippen molar-refractivity contribution in [1.82, 2.24) is 0 Å². The van der Waals surface area contributed by atoms with Crippen molar-refractivity contribution in [2.24, 2.45) is 5.92 Å². The molecule has 1 N–H and O–H groups in total. The summed E-state index contributed by atoms with van der Waals surface area (Å²) in [5, 5.41) is 9.47. The number of benzene rings is 1. The van der Waals surface area contributed by atoms with Crippen LogP contribution in [0.2, 0.25) is 0 Å². The van der Waals surface area contributed by atoms with E-state index in [1.807, 2.05) is 0 Å². The Balaban J connectivity index is 2.05. The molecular formula is C19H28O2. The van der Waals surface area contributed by atoms with Crippen molar-refractivity contribution in [3.05, 3.63) is 34.9 Å². The summed E-state index contributed by atoms with van der Waals surface area (Å²) in [6.07, 6.45) is 5.50. The Morgan fingerprint density at radius 3 is 2.67 bits per heavy atom. The summed E-state index contributed by atoms with van der Waals surface area (Å²) in [5.41, 5.74) is 4.20. The molecule has 0 radical (unpaired) electrons. The molecule has 0 amide bonds. The van der Waals surface area contributed by atoms with Gasteiger partial charge in [0.25, 0.3) is 0 Å². The van der Waals surface area contributed by atoms with Crippen molar-refractivity contribution >= 4 is 0 Å². The Kier molecular flexibility index (Phi) is 3.66. The van der Waals surface area contributed by atoms with Gasteiger partial charge in [0.2, 0.25) is 0 Å². The first-order valence-electron chi connectivity index (χ1n) is 8.36. The maximum absolute atomic E-state index is 9.47. The monoisotopic (exact) mass is 288 g/mol. The Hall–Kier alpha value is -0.860. The Bertz CT molecular complexity index is 536. The van der Waals surface area contributed by atoms with E-state index in [1.54, 1.807) is 0 Å². The molecule has 0 spiro atoms. The number of hydrogen-bond acceptors (Lipinski definition) is 2. The molecule has 1 aromatic carbocycles. The third-order valence-corrected chi connectivity index (χ3v) is 6.20. The van der Waals surface area contributed by atoms with Crippen LogP contribution in [-0.2, 0) is 16.7 Å². The third-order valence-electron chi connectivity index (χ3n) is 6.20. The average Bonchev–Trinajstić information content (AvgIpc) is 2.46. The molecule has 2 heteroatoms. The zero-order chi connectivity index (χ0) is 15.3. The van der Waals surface area contributed by atoms with Gasteiger partial charge >= 0.3 is 0 Å². The standard InChI is InChI=1S/C19H28O2/c1-13(2)14-6-8-16-15(12-14)7-9-17-18(16,3)10-5-11-19(17,4)21-20/h6,8,12-13,17,20H,5,7,9-11H2,1-4H3. The van der Waals surface area contributed by atoms with Gasteiger partial charge in [-0.15, -0.1) is 0 Å². The van der Waals surface area contributed by atoms with Gasteiger partial charge in [-0.1, -0.05) is 39.0 Å². The van der Waals surface area contributed by atoms with Crippen LogP contribution in [0.3, 0.4) is 0 Å². The van der Waals surface area contributed by atoms with E-state index in [0.717, 1.165) is 25.7 Å². The first-order chi connectivity index (χ1) is 9.90. The fraction of sp³-hybridized carbons (Fsp3) is 0.684. The van der Waals surface area contributed by atoms with Crippen molar-refractivity contribution < 1.29 is 10.1 Å². The molecule has 2 aliphatic rings. The lowest BCUT2D eigenvalue weighted by Gasteiger charge is -2.53. The first-order valence-corrected chi connectivity index (χ1v) is 8.36. The Labute approximate surface area is 128 Å². The van der Waals surface area contributed by atoms with Crippen molar-refractivity contribution in [2.75, 3.05) is 0 Å². The van der Waals surface area contributed by atoms with E-state index in [9.17, 15) is 5.26 Å². The van der Waals surface area contributed by atoms with Crippen molar-refractivity contribution in [2.45, 2.75) is 76.7 Å². The van der Waals surface area contributed by atoms with Crippen LogP contribution in [0, 0.1) is 5.92 Å². The van der Waals surface area contributed by atoms with Gasteiger partial charge in [-0.2, -0.15) is 0 Å². The van der Waals surface area contributed by atoms with Gasteiger partial charge in [0, 0.05) is 5.92 Å². The fourth-order valence-electron chi connectivity index (χ4n) is 4.92. The van der Waals surface area contributed by atoms with Gasteiger partial charge in [-0.05, 0) is 67.1 Å². The van der Waals surface area contributed by atoms with Crippen LogP contribution < -0.4 is 0 Å². The van der Waals surface area contributed by atoms with Gasteiger partial charge in [0.1, 0.15) is 5.60 Å². The summed E-state index contributed by atoms with van der Waals surface area (Å²) in [5.74, 6) is 0.986. The Morgan fingerprint density at radius 2 is 2.00 bits per heavy atom. The van der Waals surface area contributed by atoms with E-state index < -0.39 is 0 Å². The highest BCUT2D eigenvalue weighted by atomic mass is 17.1. The van der Waals surface area contributed by atoms with Crippen molar-refractivity contribution in [1.29, 1.82) is 0 Å². The lowest BCUT2D eigenvalue weighted by Crippen LogP contribution is -2.53. The van der Waals surface area contributed by atoms with Gasteiger partial charge in [0.05, 0.1) is 0 Å². The second-order valence-corrected chi connectivity index (χ2v) is 7.84. The molecule has 1 aromatic rings. The molecule has 1 fully saturated rings. The van der Waals surface area contributed by atoms with Crippen LogP contribution >= 0.6 is 0 Å². The third kappa shape index (κ3) is 2.24. The number of rotatable bonds is 2. The molecule has 3 atom stereocenters. The summed E-state index contributed by atoms with van der Waals surface area (Å²) in [7, 11) is 0. The van der Waals surface area contributed by atoms with E-state index in [2.05, 4.69) is 45.9 Å². The van der Waals surface area contributed by atoms with E-state index in [0.29, 0.717) is 11.8 Å². The normalized spacial score (nSPS) is 35.4. The minimum Gasteiger partial charge on any atom is -0.251 e. The summed E-state index contributed by atoms with van der Waals surface area (Å²) < 4.78 is 0. The van der Waals surface area contributed by atoms with Gasteiger partial charge in [-0.3, -0.25) is 5.26 Å². The smallest absolute Gasteiger partial charge is 0.104 e. The van der Waals surface area contributed by atoms with Crippen LogP contribution in [-0.4, -0.2) is 10.9 Å². The maximum Gasteiger partial charge on any atom is 0.104 e. The zero-order valence-corrected chi connectivity index (χ0v) is 13.8. The molecule has 0 aliphatic heterocycles. The molecule has 116 valence electrons. The summed E-state index contributed by atoms with van der Waals surface area (Å²) >= 11 is 0. The summed E-state index contributed by atoms with van der Waals surface area (Å²) in [6, 6.07) is 7.05. The molecule has 3 rings (SSSR count). The van der Waals surface area contributed by atoms with E-state index in [-0.39, 0.29) is 11.0 Å². The second-order valence-electron chi connectivity index (χ2n) is 7.84. The quantitative estimate of drug-likeness (QED) is 0.608. The van der Waals surface area contributed by atoms with Gasteiger partial charge in [0.15, 0.2) is 0 Å². The minimum atomic E-state index is -0.387. The lowest BCUT2D eigenvalue weighted by molar-refractivity contribution is -0.345. The number of fused-ring (bicyclic) bond motifs is 3. The molecule has 21 heavy (non-hydrogen) atoms. The van der Waals surface area contributed by atoms with Crippen LogP contribution in [0.4, 0.5) is 0 Å². The SMILES string of the molecule is CC(C)c1ccc2c(c1)CCC1C(C)(OO)CCCC21C. The van der Waals surface area contributed by atoms with Gasteiger partial charge in [-0.25, -0.2) is 4.89 Å². The molecule has 0 bridgehead atoms. The second kappa shape index (κ2) is 5.10. The highest BCUT2D eigenvalue weighted by Crippen LogP contribution is 2.54. The van der Waals surface area contributed by atoms with E-state index in [1.165, 1.54) is 23.1 Å². The van der Waals surface area contributed by atoms with Crippen molar-refractivity contribution in [3.8, 4) is 0 Å². The van der Waals surface area contributed by atoms with Crippen LogP contribution in [0.15, 0.2) is 18.2 Å². The maximum atomic E-state index is 9.47. The largest absolute Gasteiger partial charge is 0.251 e. The van der Waals surface area contributed by atoms with Gasteiger partial charge < -0.3 is 0 Å². The highest BCUT2D eigenvalue weighted by molar-refractivity contribution is 5.42. The van der Waals surface area contributed by atoms with Crippen LogP contribution in [0.25, 0.3) is 0 Å². The van der Waals surface area contributed by atoms with Crippen LogP contribution in [0.1, 0.15) is 76.0 Å². The number of hydrogen-bond donors (Lipinski definition) is 1. The summed E-state index contributed by atoms with van der Waals surface area (Å²) in [4.78, 5) is 4.99. The molecule has 2 nitrogen and oxygen atoms in total. The minimum absolute atomic E-state index is 0.138. The molecule has 0 saturated heterocycles. The number of aryl methyl sites for hydroxylation is 1. The van der Waals surface area contributed by atoms with E-state index in [4.69, 9.17) is 4.89 Å². The molecule has 0 aromatic heterocycles. The summed E-state index contributed by atoms with van der Waals surface area (Å²) in [6.45, 7) is 8.97. The predicted octanol–water partition coefficient (Wildman–Crippen LogP) is 5.06. The fourth-order valence-corrected chi connectivity index (χ4v) is 4.92. The lowest BCUT2D eigenvalue weighted by atomic mass is 9.53. The van der Waals surface area contributed by atoms with E-state index >= 15 is 0 Å². The molecule has 0 heterocycles. The molecule has 1 saturated carbocycles. The van der Waals surface area contributed by atoms with Crippen molar-refractivity contribution in [3.63, 3.8) is 0 Å². The molecular weight excluding hydrogens is 260 g/mol. The Morgan fingerprint density at radius 1 is 1.24 bits per heavy atom. The first kappa shape index (κ1) is 15.1. The molecule has 2 aliphatic carbocycles. The predicted molar refractivity (Wildman–Crippen MR) is 85.7 cm³/mol. The van der Waals surface area contributed by atoms with Crippen LogP contribution in [0.5, 0.6) is 0 Å². The molecule has 3 unspecified atom stereocenters. The topological polar surface area (TPSA) is 29.5 Å².